The molecule has 1 aliphatic heterocycles. The van der Waals surface area contributed by atoms with E-state index in [1.807, 2.05) is 12.1 Å². The van der Waals surface area contributed by atoms with Crippen molar-refractivity contribution in [1.29, 1.82) is 0 Å². The van der Waals surface area contributed by atoms with Crippen LogP contribution < -0.4 is 20.1 Å². The molecule has 0 atom stereocenters. The van der Waals surface area contributed by atoms with Crippen LogP contribution in [-0.2, 0) is 25.7 Å². The lowest BCUT2D eigenvalue weighted by molar-refractivity contribution is -0.156. The Labute approximate surface area is 201 Å². The van der Waals surface area contributed by atoms with E-state index in [9.17, 15) is 14.4 Å². The number of carbonyl (C=O) groups excluding carboxylic acids is 3. The average molecular weight is 479 g/mol. The number of rotatable bonds is 11. The fourth-order valence-corrected chi connectivity index (χ4v) is 3.50. The highest BCUT2D eigenvalue weighted by molar-refractivity contribution is 5.86. The zero-order valence-corrected chi connectivity index (χ0v) is 20.9. The zero-order valence-electron chi connectivity index (χ0n) is 20.9. The number of hydrogen-bond donors (Lipinski definition) is 2. The van der Waals surface area contributed by atoms with Gasteiger partial charge in [0, 0.05) is 39.3 Å². The van der Waals surface area contributed by atoms with E-state index in [-0.39, 0.29) is 37.9 Å². The van der Waals surface area contributed by atoms with Gasteiger partial charge in [-0.3, -0.25) is 14.4 Å². The molecule has 2 amide bonds. The van der Waals surface area contributed by atoms with Crippen LogP contribution in [0.5, 0.6) is 11.5 Å². The van der Waals surface area contributed by atoms with Gasteiger partial charge in [0.05, 0.1) is 33.7 Å². The third-order valence-electron chi connectivity index (χ3n) is 5.21. The molecular formula is C24H38N4O6. The van der Waals surface area contributed by atoms with Crippen molar-refractivity contribution in [2.24, 2.45) is 0 Å². The topological polar surface area (TPSA) is 109 Å². The maximum absolute atomic E-state index is 13.0. The van der Waals surface area contributed by atoms with E-state index in [1.165, 1.54) is 4.90 Å². The second-order valence-electron chi connectivity index (χ2n) is 9.08. The molecule has 1 heterocycles. The summed E-state index contributed by atoms with van der Waals surface area (Å²) in [5.41, 5.74) is 0.311. The maximum atomic E-state index is 13.0. The maximum Gasteiger partial charge on any atom is 0.308 e. The number of nitrogens with one attached hydrogen (secondary N) is 2. The van der Waals surface area contributed by atoms with Gasteiger partial charge in [0.25, 0.3) is 0 Å². The molecule has 10 nitrogen and oxygen atoms in total. The third kappa shape index (κ3) is 9.18. The van der Waals surface area contributed by atoms with Gasteiger partial charge in [0.2, 0.25) is 11.8 Å². The Hall–Kier alpha value is -2.85. The Bertz CT molecular complexity index is 833. The van der Waals surface area contributed by atoms with E-state index >= 15 is 0 Å². The third-order valence-corrected chi connectivity index (χ3v) is 5.21. The Kier molecular flexibility index (Phi) is 10.6. The van der Waals surface area contributed by atoms with E-state index < -0.39 is 11.6 Å². The van der Waals surface area contributed by atoms with Gasteiger partial charge >= 0.3 is 5.97 Å². The number of ether oxygens (including phenoxy) is 3. The minimum Gasteiger partial charge on any atom is -0.493 e. The van der Waals surface area contributed by atoms with Gasteiger partial charge < -0.3 is 34.6 Å². The van der Waals surface area contributed by atoms with Crippen LogP contribution in [0.25, 0.3) is 0 Å². The predicted molar refractivity (Wildman–Crippen MR) is 128 cm³/mol. The van der Waals surface area contributed by atoms with Crippen molar-refractivity contribution in [1.82, 2.24) is 20.4 Å². The molecule has 10 heteroatoms. The second kappa shape index (κ2) is 13.1. The van der Waals surface area contributed by atoms with E-state index in [0.29, 0.717) is 31.1 Å². The van der Waals surface area contributed by atoms with E-state index in [1.54, 1.807) is 46.0 Å². The monoisotopic (exact) mass is 478 g/mol. The summed E-state index contributed by atoms with van der Waals surface area (Å²) in [4.78, 5) is 41.1. The van der Waals surface area contributed by atoms with Crippen LogP contribution in [0.15, 0.2) is 18.2 Å². The number of methoxy groups -OCH3 is 2. The lowest BCUT2D eigenvalue weighted by Crippen LogP contribution is -2.51. The van der Waals surface area contributed by atoms with Crippen LogP contribution in [-0.4, -0.2) is 93.2 Å². The minimum atomic E-state index is -0.608. The number of carbonyl (C=O) groups is 3. The molecular weight excluding hydrogens is 440 g/mol. The fraction of sp³-hybridized carbons (Fsp3) is 0.625. The van der Waals surface area contributed by atoms with Gasteiger partial charge in [-0.25, -0.2) is 0 Å². The zero-order chi connectivity index (χ0) is 25.1. The van der Waals surface area contributed by atoms with E-state index in [4.69, 9.17) is 14.2 Å². The number of nitrogens with zero attached hydrogens (tertiary/aromatic N) is 2. The van der Waals surface area contributed by atoms with Gasteiger partial charge in [-0.05, 0) is 38.5 Å². The number of benzene rings is 1. The van der Waals surface area contributed by atoms with Crippen molar-refractivity contribution < 1.29 is 28.6 Å². The van der Waals surface area contributed by atoms with Crippen LogP contribution >= 0.6 is 0 Å². The van der Waals surface area contributed by atoms with Crippen molar-refractivity contribution in [3.63, 3.8) is 0 Å². The Morgan fingerprint density at radius 3 is 2.38 bits per heavy atom. The van der Waals surface area contributed by atoms with Gasteiger partial charge in [-0.2, -0.15) is 0 Å². The van der Waals surface area contributed by atoms with Crippen molar-refractivity contribution >= 4 is 17.8 Å². The molecule has 0 radical (unpaired) electrons. The fourth-order valence-electron chi connectivity index (χ4n) is 3.50. The van der Waals surface area contributed by atoms with E-state index in [0.717, 1.165) is 18.7 Å². The summed E-state index contributed by atoms with van der Waals surface area (Å²) < 4.78 is 15.9. The number of esters is 1. The molecule has 0 spiro atoms. The molecule has 34 heavy (non-hydrogen) atoms. The summed E-state index contributed by atoms with van der Waals surface area (Å²) in [5.74, 6) is 0.445. The first-order valence-electron chi connectivity index (χ1n) is 11.5. The first-order chi connectivity index (χ1) is 16.1. The largest absolute Gasteiger partial charge is 0.493 e. The van der Waals surface area contributed by atoms with Gasteiger partial charge in [0.1, 0.15) is 5.60 Å². The first-order valence-corrected chi connectivity index (χ1v) is 11.5. The lowest BCUT2D eigenvalue weighted by atomic mass is 10.2. The Balaban J connectivity index is 1.96. The van der Waals surface area contributed by atoms with Gasteiger partial charge in [-0.15, -0.1) is 0 Å². The lowest BCUT2D eigenvalue weighted by Gasteiger charge is -2.30. The molecule has 0 unspecified atom stereocenters. The predicted octanol–water partition coefficient (Wildman–Crippen LogP) is 0.786. The molecule has 1 aromatic rings. The highest BCUT2D eigenvalue weighted by Gasteiger charge is 2.24. The number of amides is 2. The molecule has 2 N–H and O–H groups in total. The van der Waals surface area contributed by atoms with Crippen molar-refractivity contribution in [3.05, 3.63) is 23.8 Å². The summed E-state index contributed by atoms with van der Waals surface area (Å²) in [6.45, 7) is 8.53. The van der Waals surface area contributed by atoms with E-state index in [2.05, 4.69) is 10.6 Å². The van der Waals surface area contributed by atoms with Crippen LogP contribution in [0.4, 0.5) is 0 Å². The van der Waals surface area contributed by atoms with Crippen molar-refractivity contribution in [3.8, 4) is 11.5 Å². The summed E-state index contributed by atoms with van der Waals surface area (Å²) >= 11 is 0. The van der Waals surface area contributed by atoms with Crippen molar-refractivity contribution in [2.45, 2.75) is 39.3 Å². The van der Waals surface area contributed by atoms with Crippen LogP contribution in [0.1, 0.15) is 32.8 Å². The standard InChI is InChI=1S/C24H38N4O6/c1-24(2,3)34-23(31)8-11-28(17-22(30)27-12-9-25-10-13-27)21(29)16-26-15-18-6-7-19(32-4)20(14-18)33-5/h6-7,14,25-26H,8-13,15-17H2,1-5H3. The minimum absolute atomic E-state index is 0.0214. The normalized spacial score (nSPS) is 13.9. The average Bonchev–Trinajstić information content (AvgIpc) is 2.80. The van der Waals surface area contributed by atoms with Gasteiger partial charge in [0.15, 0.2) is 11.5 Å². The molecule has 0 aromatic heterocycles. The molecule has 1 aliphatic rings. The molecule has 0 bridgehead atoms. The highest BCUT2D eigenvalue weighted by Crippen LogP contribution is 2.27. The van der Waals surface area contributed by atoms with Crippen LogP contribution in [0.2, 0.25) is 0 Å². The van der Waals surface area contributed by atoms with Crippen molar-refractivity contribution in [2.75, 3.05) is 60.0 Å². The number of hydrogen-bond acceptors (Lipinski definition) is 8. The molecule has 0 aliphatic carbocycles. The van der Waals surface area contributed by atoms with Crippen LogP contribution in [0.3, 0.4) is 0 Å². The first kappa shape index (κ1) is 27.4. The smallest absolute Gasteiger partial charge is 0.308 e. The molecule has 2 rings (SSSR count). The molecule has 1 saturated heterocycles. The SMILES string of the molecule is COc1ccc(CNCC(=O)N(CCC(=O)OC(C)(C)C)CC(=O)N2CCNCC2)cc1OC. The molecule has 190 valence electrons. The molecule has 0 saturated carbocycles. The van der Waals surface area contributed by atoms with Crippen LogP contribution in [0, 0.1) is 0 Å². The summed E-state index contributed by atoms with van der Waals surface area (Å²) in [5, 5.41) is 6.31. The highest BCUT2D eigenvalue weighted by atomic mass is 16.6. The quantitative estimate of drug-likeness (QED) is 0.449. The Morgan fingerprint density at radius 2 is 1.76 bits per heavy atom. The van der Waals surface area contributed by atoms with Gasteiger partial charge in [-0.1, -0.05) is 6.07 Å². The second-order valence-corrected chi connectivity index (χ2v) is 9.08. The Morgan fingerprint density at radius 1 is 1.09 bits per heavy atom. The summed E-state index contributed by atoms with van der Waals surface area (Å²) in [6.07, 6.45) is 0.0214. The molecule has 1 fully saturated rings. The summed E-state index contributed by atoms with van der Waals surface area (Å²) in [7, 11) is 3.14. The molecule has 1 aromatic carbocycles. The number of piperazine rings is 1. The summed E-state index contributed by atoms with van der Waals surface area (Å²) in [6, 6.07) is 5.52.